The molecule has 8 nitrogen and oxygen atoms in total. The van der Waals surface area contributed by atoms with Crippen LogP contribution in [-0.2, 0) is 18.4 Å². The molecule has 0 aromatic heterocycles. The summed E-state index contributed by atoms with van der Waals surface area (Å²) >= 11 is 0. The molecule has 0 saturated carbocycles. The molecule has 3 unspecified atom stereocenters. The number of hydrogen-bond donors (Lipinski definition) is 3. The van der Waals surface area contributed by atoms with Crippen molar-refractivity contribution >= 4 is 13.7 Å². The minimum absolute atomic E-state index is 0.0541. The smallest absolute Gasteiger partial charge is 0.387 e. The topological polar surface area (TPSA) is 105 Å². The Morgan fingerprint density at radius 3 is 1.67 bits per heavy atom. The maximum atomic E-state index is 12.8. The number of carbonyl (C=O) groups is 1. The predicted molar refractivity (Wildman–Crippen MR) is 203 cm³/mol. The summed E-state index contributed by atoms with van der Waals surface area (Å²) in [6, 6.07) is -0.863. The molecule has 0 aromatic rings. The molecule has 0 aromatic carbocycles. The molecule has 3 atom stereocenters. The van der Waals surface area contributed by atoms with Gasteiger partial charge in [0.2, 0.25) is 5.91 Å². The number of quaternary nitrogens is 1. The fourth-order valence-corrected chi connectivity index (χ4v) is 5.90. The van der Waals surface area contributed by atoms with Crippen LogP contribution in [0.15, 0.2) is 36.5 Å². The third-order valence-corrected chi connectivity index (χ3v) is 9.32. The van der Waals surface area contributed by atoms with Gasteiger partial charge in [0.05, 0.1) is 39.9 Å². The Morgan fingerprint density at radius 2 is 1.15 bits per heavy atom. The number of amides is 1. The number of aliphatic hydroxyl groups excluding tert-OH is 1. The van der Waals surface area contributed by atoms with E-state index < -0.39 is 20.0 Å². The van der Waals surface area contributed by atoms with Crippen molar-refractivity contribution in [3.63, 3.8) is 0 Å². The highest BCUT2D eigenvalue weighted by Crippen LogP contribution is 2.43. The van der Waals surface area contributed by atoms with Crippen molar-refractivity contribution < 1.29 is 32.9 Å². The van der Waals surface area contributed by atoms with Crippen LogP contribution in [0, 0.1) is 0 Å². The standard InChI is InChI=1S/C39H75N2O6P/c1-6-8-10-12-14-16-18-19-20-21-23-25-27-29-31-33-39(43)40-37(36-47-48(44,45)46-35-34-41(3,4)5)38(42)32-30-28-26-24-22-17-15-13-11-9-7-2/h19-20,22,24,30,32,37-38,42H,6-18,21,23,25-29,31,33-36H2,1-5H3,(H-,40,43,44,45)/p+1/b20-19-,24-22+,32-30+. The molecule has 0 aliphatic rings. The fraction of sp³-hybridized carbons (Fsp3) is 0.821. The molecule has 0 aliphatic carbocycles. The van der Waals surface area contributed by atoms with Crippen LogP contribution in [0.25, 0.3) is 0 Å². The number of carbonyl (C=O) groups excluding carboxylic acids is 1. The van der Waals surface area contributed by atoms with Crippen molar-refractivity contribution in [2.24, 2.45) is 0 Å². The molecule has 0 radical (unpaired) electrons. The first-order chi connectivity index (χ1) is 23.0. The molecule has 3 N–H and O–H groups in total. The Morgan fingerprint density at radius 1 is 0.688 bits per heavy atom. The lowest BCUT2D eigenvalue weighted by Crippen LogP contribution is -2.45. The third kappa shape index (κ3) is 33.2. The van der Waals surface area contributed by atoms with E-state index in [2.05, 4.69) is 43.5 Å². The van der Waals surface area contributed by atoms with Crippen LogP contribution in [0.1, 0.15) is 155 Å². The van der Waals surface area contributed by atoms with Gasteiger partial charge in [0.15, 0.2) is 0 Å². The molecule has 0 aliphatic heterocycles. The molecule has 1 amide bonds. The molecule has 0 bridgehead atoms. The lowest BCUT2D eigenvalue weighted by molar-refractivity contribution is -0.870. The molecule has 0 fully saturated rings. The van der Waals surface area contributed by atoms with E-state index >= 15 is 0 Å². The van der Waals surface area contributed by atoms with Gasteiger partial charge in [0, 0.05) is 6.42 Å². The van der Waals surface area contributed by atoms with Gasteiger partial charge in [-0.3, -0.25) is 13.8 Å². The molecule has 0 saturated heterocycles. The normalized spacial score (nSPS) is 15.1. The number of likely N-dealkylation sites (N-methyl/N-ethyl adjacent to an activating group) is 1. The first-order valence-corrected chi connectivity index (χ1v) is 20.9. The van der Waals surface area contributed by atoms with Crippen molar-refractivity contribution in [1.29, 1.82) is 0 Å². The van der Waals surface area contributed by atoms with Gasteiger partial charge in [0.25, 0.3) is 0 Å². The highest BCUT2D eigenvalue weighted by Gasteiger charge is 2.27. The van der Waals surface area contributed by atoms with Crippen molar-refractivity contribution in [3.05, 3.63) is 36.5 Å². The summed E-state index contributed by atoms with van der Waals surface area (Å²) in [7, 11) is 1.54. The van der Waals surface area contributed by atoms with E-state index in [9.17, 15) is 19.4 Å². The maximum Gasteiger partial charge on any atom is 0.472 e. The van der Waals surface area contributed by atoms with Crippen LogP contribution in [-0.4, -0.2) is 73.4 Å². The fourth-order valence-electron chi connectivity index (χ4n) is 5.17. The largest absolute Gasteiger partial charge is 0.472 e. The number of phosphoric acid groups is 1. The molecule has 0 heterocycles. The van der Waals surface area contributed by atoms with E-state index in [1.807, 2.05) is 27.2 Å². The lowest BCUT2D eigenvalue weighted by atomic mass is 10.1. The van der Waals surface area contributed by atoms with Gasteiger partial charge in [-0.2, -0.15) is 0 Å². The number of nitrogens with one attached hydrogen (secondary N) is 1. The van der Waals surface area contributed by atoms with E-state index in [4.69, 9.17) is 9.05 Å². The van der Waals surface area contributed by atoms with Gasteiger partial charge in [0.1, 0.15) is 13.2 Å². The monoisotopic (exact) mass is 700 g/mol. The molecule has 0 rings (SSSR count). The SMILES string of the molecule is CCCCCCC/C=C/CC/C=C/C(O)C(COP(=O)(O)OCC[N+](C)(C)C)NC(=O)CCCCCCC/C=C\CCCCCCCC. The summed E-state index contributed by atoms with van der Waals surface area (Å²) in [6.45, 7) is 4.73. The van der Waals surface area contributed by atoms with Crippen LogP contribution in [0.5, 0.6) is 0 Å². The summed E-state index contributed by atoms with van der Waals surface area (Å²) < 4.78 is 23.4. The van der Waals surface area contributed by atoms with Crippen molar-refractivity contribution in [2.75, 3.05) is 40.9 Å². The van der Waals surface area contributed by atoms with Crippen LogP contribution < -0.4 is 5.32 Å². The average molecular weight is 700 g/mol. The number of nitrogens with zero attached hydrogens (tertiary/aromatic N) is 1. The summed E-state index contributed by atoms with van der Waals surface area (Å²) in [4.78, 5) is 23.0. The molecule has 48 heavy (non-hydrogen) atoms. The summed E-state index contributed by atoms with van der Waals surface area (Å²) in [6.07, 6.45) is 36.4. The number of unbranched alkanes of at least 4 members (excludes halogenated alkanes) is 17. The van der Waals surface area contributed by atoms with Gasteiger partial charge in [-0.1, -0.05) is 127 Å². The average Bonchev–Trinajstić information content (AvgIpc) is 3.02. The molecule has 9 heteroatoms. The van der Waals surface area contributed by atoms with E-state index in [0.29, 0.717) is 17.4 Å². The van der Waals surface area contributed by atoms with Gasteiger partial charge in [-0.25, -0.2) is 4.57 Å². The molecule has 282 valence electrons. The van der Waals surface area contributed by atoms with Crippen LogP contribution in [0.2, 0.25) is 0 Å². The molecule has 0 spiro atoms. The van der Waals surface area contributed by atoms with Gasteiger partial charge in [-0.15, -0.1) is 0 Å². The highest BCUT2D eigenvalue weighted by atomic mass is 31.2. The first-order valence-electron chi connectivity index (χ1n) is 19.4. The minimum atomic E-state index is -4.34. The Bertz CT molecular complexity index is 886. The molecular formula is C39H76N2O6P+. The number of hydrogen-bond acceptors (Lipinski definition) is 5. The Kier molecular flexibility index (Phi) is 30.8. The van der Waals surface area contributed by atoms with Crippen molar-refractivity contribution in [3.8, 4) is 0 Å². The van der Waals surface area contributed by atoms with Crippen molar-refractivity contribution in [1.82, 2.24) is 5.32 Å². The number of rotatable bonds is 34. The second-order valence-electron chi connectivity index (χ2n) is 14.3. The van der Waals surface area contributed by atoms with Gasteiger partial charge >= 0.3 is 7.82 Å². The molecular weight excluding hydrogens is 623 g/mol. The third-order valence-electron chi connectivity index (χ3n) is 8.33. The zero-order valence-corrected chi connectivity index (χ0v) is 32.6. The van der Waals surface area contributed by atoms with Crippen LogP contribution >= 0.6 is 7.82 Å². The predicted octanol–water partition coefficient (Wildman–Crippen LogP) is 9.96. The second-order valence-corrected chi connectivity index (χ2v) is 15.7. The van der Waals surface area contributed by atoms with Gasteiger partial charge in [-0.05, 0) is 57.8 Å². The maximum absolute atomic E-state index is 12.8. The number of allylic oxidation sites excluding steroid dienone is 5. The minimum Gasteiger partial charge on any atom is -0.387 e. The van der Waals surface area contributed by atoms with Crippen molar-refractivity contribution in [2.45, 2.75) is 167 Å². The number of aliphatic hydroxyl groups is 1. The summed E-state index contributed by atoms with van der Waals surface area (Å²) in [5.74, 6) is -0.200. The quantitative estimate of drug-likeness (QED) is 0.0267. The summed E-state index contributed by atoms with van der Waals surface area (Å²) in [5.41, 5.74) is 0. The van der Waals surface area contributed by atoms with Crippen LogP contribution in [0.3, 0.4) is 0 Å². The Balaban J connectivity index is 4.57. The van der Waals surface area contributed by atoms with E-state index in [1.165, 1.54) is 83.5 Å². The number of phosphoric ester groups is 1. The first kappa shape index (κ1) is 46.7. The van der Waals surface area contributed by atoms with Gasteiger partial charge < -0.3 is 19.8 Å². The van der Waals surface area contributed by atoms with Crippen LogP contribution in [0.4, 0.5) is 0 Å². The van der Waals surface area contributed by atoms with E-state index in [0.717, 1.165) is 51.4 Å². The lowest BCUT2D eigenvalue weighted by Gasteiger charge is -2.25. The second kappa shape index (κ2) is 31.7. The Labute approximate surface area is 296 Å². The zero-order chi connectivity index (χ0) is 35.8. The Hall–Kier alpha value is -1.28. The van der Waals surface area contributed by atoms with E-state index in [1.54, 1.807) is 6.08 Å². The summed E-state index contributed by atoms with van der Waals surface area (Å²) in [5, 5.41) is 13.7. The highest BCUT2D eigenvalue weighted by molar-refractivity contribution is 7.47. The van der Waals surface area contributed by atoms with E-state index in [-0.39, 0.29) is 19.1 Å². The zero-order valence-electron chi connectivity index (χ0n) is 31.7.